The van der Waals surface area contributed by atoms with Crippen LogP contribution in [0.5, 0.6) is 5.75 Å². The van der Waals surface area contributed by atoms with Crippen LogP contribution in [0.3, 0.4) is 0 Å². The molecule has 0 bridgehead atoms. The van der Waals surface area contributed by atoms with E-state index in [4.69, 9.17) is 9.15 Å². The highest BCUT2D eigenvalue weighted by molar-refractivity contribution is 6.46. The van der Waals surface area contributed by atoms with Gasteiger partial charge in [-0.3, -0.25) is 19.7 Å². The second-order valence-electron chi connectivity index (χ2n) is 7.09. The van der Waals surface area contributed by atoms with Gasteiger partial charge in [0.25, 0.3) is 17.4 Å². The summed E-state index contributed by atoms with van der Waals surface area (Å²) < 4.78 is 10.6. The van der Waals surface area contributed by atoms with E-state index in [1.165, 1.54) is 42.5 Å². The summed E-state index contributed by atoms with van der Waals surface area (Å²) >= 11 is 0. The van der Waals surface area contributed by atoms with Crippen molar-refractivity contribution in [2.24, 2.45) is 0 Å². The number of ether oxygens (including phenoxy) is 1. The number of Topliss-reactive ketones (excluding diaryl/α,β-unsaturated/α-hetero) is 1. The Morgan fingerprint density at radius 3 is 2.53 bits per heavy atom. The van der Waals surface area contributed by atoms with Crippen molar-refractivity contribution in [3.8, 4) is 5.75 Å². The molecule has 1 aromatic heterocycles. The molecule has 1 aliphatic rings. The van der Waals surface area contributed by atoms with Crippen molar-refractivity contribution in [1.82, 2.24) is 4.90 Å². The summed E-state index contributed by atoms with van der Waals surface area (Å²) in [6.45, 7) is 0.0104. The third kappa shape index (κ3) is 3.71. The molecule has 1 amide bonds. The quantitative estimate of drug-likeness (QED) is 0.206. The van der Waals surface area contributed by atoms with Crippen LogP contribution in [-0.2, 0) is 16.1 Å². The first-order valence-electron chi connectivity index (χ1n) is 9.60. The molecule has 4 rings (SSSR count). The lowest BCUT2D eigenvalue weighted by atomic mass is 9.95. The SMILES string of the molecule is COc1cccc(C2/C(=C(/O)c3ccc([N+](=O)[O-])cc3)C(=O)C(=O)N2Cc2ccco2)c1. The predicted octanol–water partition coefficient (Wildman–Crippen LogP) is 3.82. The van der Waals surface area contributed by atoms with Gasteiger partial charge in [-0.2, -0.15) is 0 Å². The van der Waals surface area contributed by atoms with Gasteiger partial charge in [-0.05, 0) is 42.0 Å². The van der Waals surface area contributed by atoms with E-state index in [9.17, 15) is 24.8 Å². The smallest absolute Gasteiger partial charge is 0.296 e. The van der Waals surface area contributed by atoms with Crippen LogP contribution in [0.1, 0.15) is 22.9 Å². The molecule has 9 heteroatoms. The minimum atomic E-state index is -0.912. The molecule has 1 atom stereocenters. The number of carbonyl (C=O) groups excluding carboxylic acids is 2. The van der Waals surface area contributed by atoms with E-state index in [1.807, 2.05) is 0 Å². The summed E-state index contributed by atoms with van der Waals surface area (Å²) in [7, 11) is 1.50. The Bertz CT molecular complexity index is 1210. The predicted molar refractivity (Wildman–Crippen MR) is 113 cm³/mol. The first-order valence-corrected chi connectivity index (χ1v) is 9.60. The zero-order chi connectivity index (χ0) is 22.8. The molecule has 1 saturated heterocycles. The first-order chi connectivity index (χ1) is 15.4. The van der Waals surface area contributed by atoms with Gasteiger partial charge in [-0.15, -0.1) is 0 Å². The van der Waals surface area contributed by atoms with Gasteiger partial charge in [0, 0.05) is 17.7 Å². The molecule has 0 spiro atoms. The largest absolute Gasteiger partial charge is 0.507 e. The lowest BCUT2D eigenvalue weighted by molar-refractivity contribution is -0.384. The van der Waals surface area contributed by atoms with Crippen molar-refractivity contribution in [3.63, 3.8) is 0 Å². The Hall–Kier alpha value is -4.40. The zero-order valence-electron chi connectivity index (χ0n) is 16.9. The maximum atomic E-state index is 13.0. The molecular weight excluding hydrogens is 416 g/mol. The topological polar surface area (TPSA) is 123 Å². The van der Waals surface area contributed by atoms with Crippen LogP contribution in [0.2, 0.25) is 0 Å². The third-order valence-electron chi connectivity index (χ3n) is 5.21. The monoisotopic (exact) mass is 434 g/mol. The normalized spacial score (nSPS) is 17.5. The Kier molecular flexibility index (Phi) is 5.46. The zero-order valence-corrected chi connectivity index (χ0v) is 16.9. The summed E-state index contributed by atoms with van der Waals surface area (Å²) in [5, 5.41) is 21.9. The van der Waals surface area contributed by atoms with Gasteiger partial charge >= 0.3 is 0 Å². The number of aliphatic hydroxyl groups is 1. The van der Waals surface area contributed by atoms with Gasteiger partial charge in [0.1, 0.15) is 17.3 Å². The Morgan fingerprint density at radius 1 is 1.16 bits per heavy atom. The van der Waals surface area contributed by atoms with Crippen LogP contribution >= 0.6 is 0 Å². The highest BCUT2D eigenvalue weighted by Crippen LogP contribution is 2.41. The number of non-ortho nitro benzene ring substituents is 1. The van der Waals surface area contributed by atoms with Gasteiger partial charge < -0.3 is 19.2 Å². The fraction of sp³-hybridized carbons (Fsp3) is 0.130. The average Bonchev–Trinajstić information content (AvgIpc) is 3.41. The molecule has 32 heavy (non-hydrogen) atoms. The maximum Gasteiger partial charge on any atom is 0.296 e. The summed E-state index contributed by atoms with van der Waals surface area (Å²) in [6, 6.07) is 14.4. The second-order valence-corrected chi connectivity index (χ2v) is 7.09. The molecule has 0 radical (unpaired) electrons. The number of aliphatic hydroxyl groups excluding tert-OH is 1. The lowest BCUT2D eigenvalue weighted by Gasteiger charge is -2.24. The molecule has 1 aliphatic heterocycles. The number of carbonyl (C=O) groups is 2. The number of likely N-dealkylation sites (tertiary alicyclic amines) is 1. The number of hydrogen-bond donors (Lipinski definition) is 1. The third-order valence-corrected chi connectivity index (χ3v) is 5.21. The fourth-order valence-corrected chi connectivity index (χ4v) is 3.67. The number of rotatable bonds is 6. The Labute approximate surface area is 182 Å². The number of methoxy groups -OCH3 is 1. The van der Waals surface area contributed by atoms with Crippen molar-refractivity contribution in [1.29, 1.82) is 0 Å². The molecule has 1 unspecified atom stereocenters. The van der Waals surface area contributed by atoms with E-state index < -0.39 is 28.4 Å². The number of furan rings is 1. The standard InChI is InChI=1S/C23H18N2O7/c1-31-17-5-2-4-15(12-17)20-19(21(26)14-7-9-16(10-8-14)25(29)30)22(27)23(28)24(20)13-18-6-3-11-32-18/h2-12,20,26H,13H2,1H3/b21-19-. The van der Waals surface area contributed by atoms with E-state index in [1.54, 1.807) is 36.4 Å². The molecule has 0 saturated carbocycles. The number of nitrogens with zero attached hydrogens (tertiary/aromatic N) is 2. The van der Waals surface area contributed by atoms with Crippen LogP contribution in [0.4, 0.5) is 5.69 Å². The molecule has 162 valence electrons. The molecule has 1 fully saturated rings. The number of nitro groups is 1. The van der Waals surface area contributed by atoms with Crippen LogP contribution in [0, 0.1) is 10.1 Å². The summed E-state index contributed by atoms with van der Waals surface area (Å²) in [5.74, 6) is -1.09. The number of amides is 1. The number of ketones is 1. The molecule has 2 aromatic carbocycles. The minimum Gasteiger partial charge on any atom is -0.507 e. The molecular formula is C23H18N2O7. The minimum absolute atomic E-state index is 0.0104. The molecule has 0 aliphatic carbocycles. The van der Waals surface area contributed by atoms with Gasteiger partial charge in [0.2, 0.25) is 0 Å². The van der Waals surface area contributed by atoms with Crippen LogP contribution in [0.15, 0.2) is 76.9 Å². The Balaban J connectivity index is 1.85. The van der Waals surface area contributed by atoms with E-state index in [0.29, 0.717) is 17.1 Å². The van der Waals surface area contributed by atoms with Crippen LogP contribution in [-0.4, -0.2) is 33.7 Å². The fourth-order valence-electron chi connectivity index (χ4n) is 3.67. The van der Waals surface area contributed by atoms with Crippen molar-refractivity contribution in [2.75, 3.05) is 7.11 Å². The number of nitro benzene ring substituents is 1. The van der Waals surface area contributed by atoms with Crippen molar-refractivity contribution in [2.45, 2.75) is 12.6 Å². The maximum absolute atomic E-state index is 13.0. The van der Waals surface area contributed by atoms with Crippen LogP contribution < -0.4 is 4.74 Å². The van der Waals surface area contributed by atoms with E-state index >= 15 is 0 Å². The summed E-state index contributed by atoms with van der Waals surface area (Å²) in [4.78, 5) is 37.6. The van der Waals surface area contributed by atoms with Gasteiger partial charge in [0.05, 0.1) is 36.5 Å². The van der Waals surface area contributed by atoms with E-state index in [0.717, 1.165) is 0 Å². The van der Waals surface area contributed by atoms with E-state index in [2.05, 4.69) is 0 Å². The highest BCUT2D eigenvalue weighted by atomic mass is 16.6. The number of hydrogen-bond acceptors (Lipinski definition) is 7. The van der Waals surface area contributed by atoms with Gasteiger partial charge in [0.15, 0.2) is 0 Å². The second kappa shape index (κ2) is 8.38. The van der Waals surface area contributed by atoms with Crippen molar-refractivity contribution in [3.05, 3.63) is 99.5 Å². The van der Waals surface area contributed by atoms with Crippen molar-refractivity contribution >= 4 is 23.1 Å². The molecule has 1 N–H and O–H groups in total. The Morgan fingerprint density at radius 2 is 1.91 bits per heavy atom. The van der Waals surface area contributed by atoms with E-state index in [-0.39, 0.29) is 23.4 Å². The van der Waals surface area contributed by atoms with Gasteiger partial charge in [-0.25, -0.2) is 0 Å². The van der Waals surface area contributed by atoms with Crippen LogP contribution in [0.25, 0.3) is 5.76 Å². The van der Waals surface area contributed by atoms with Gasteiger partial charge in [-0.1, -0.05) is 12.1 Å². The molecule has 2 heterocycles. The average molecular weight is 434 g/mol. The number of benzene rings is 2. The summed E-state index contributed by atoms with van der Waals surface area (Å²) in [5.41, 5.74) is 0.450. The lowest BCUT2D eigenvalue weighted by Crippen LogP contribution is -2.29. The van der Waals surface area contributed by atoms with Crippen molar-refractivity contribution < 1.29 is 28.8 Å². The first kappa shape index (κ1) is 20.9. The molecule has 3 aromatic rings. The molecule has 9 nitrogen and oxygen atoms in total. The summed E-state index contributed by atoms with van der Waals surface area (Å²) in [6.07, 6.45) is 1.46. The highest BCUT2D eigenvalue weighted by Gasteiger charge is 2.46.